The molecule has 3 unspecified atom stereocenters. The van der Waals surface area contributed by atoms with Gasteiger partial charge in [-0.1, -0.05) is 40.5 Å². The van der Waals surface area contributed by atoms with Gasteiger partial charge in [-0.2, -0.15) is 0 Å². The van der Waals surface area contributed by atoms with E-state index in [1.165, 1.54) is 6.42 Å². The zero-order chi connectivity index (χ0) is 11.7. The van der Waals surface area contributed by atoms with E-state index in [0.29, 0.717) is 12.5 Å². The van der Waals surface area contributed by atoms with Gasteiger partial charge in [0.1, 0.15) is 0 Å². The summed E-state index contributed by atoms with van der Waals surface area (Å²) in [6.07, 6.45) is 4.46. The quantitative estimate of drug-likeness (QED) is 0.740. The summed E-state index contributed by atoms with van der Waals surface area (Å²) in [6, 6.07) is 0. The van der Waals surface area contributed by atoms with Crippen LogP contribution in [0.2, 0.25) is 0 Å². The molecule has 0 heterocycles. The fourth-order valence-corrected chi connectivity index (χ4v) is 3.16. The van der Waals surface area contributed by atoms with Gasteiger partial charge in [0.15, 0.2) is 0 Å². The van der Waals surface area contributed by atoms with Crippen LogP contribution in [-0.2, 0) is 0 Å². The molecule has 90 valence electrons. The Kier molecular flexibility index (Phi) is 3.83. The van der Waals surface area contributed by atoms with Gasteiger partial charge in [-0.3, -0.25) is 0 Å². The predicted molar refractivity (Wildman–Crippen MR) is 64.6 cm³/mol. The van der Waals surface area contributed by atoms with Crippen LogP contribution >= 0.6 is 0 Å². The van der Waals surface area contributed by atoms with Gasteiger partial charge in [0, 0.05) is 0 Å². The molecule has 0 radical (unpaired) electrons. The Labute approximate surface area is 94.2 Å². The highest BCUT2D eigenvalue weighted by Crippen LogP contribution is 2.47. The smallest absolute Gasteiger partial charge is 0.0718 e. The molecule has 1 rings (SSSR count). The van der Waals surface area contributed by atoms with Crippen molar-refractivity contribution in [2.24, 2.45) is 23.0 Å². The summed E-state index contributed by atoms with van der Waals surface area (Å²) in [7, 11) is 0. The fourth-order valence-electron chi connectivity index (χ4n) is 3.16. The molecule has 0 bridgehead atoms. The molecule has 3 N–H and O–H groups in total. The largest absolute Gasteiger partial charge is 0.389 e. The second-order valence-corrected chi connectivity index (χ2v) is 6.29. The average Bonchev–Trinajstić information content (AvgIpc) is 2.15. The van der Waals surface area contributed by atoms with E-state index in [0.717, 1.165) is 19.3 Å². The van der Waals surface area contributed by atoms with Crippen molar-refractivity contribution in [1.29, 1.82) is 0 Å². The van der Waals surface area contributed by atoms with Crippen LogP contribution in [0.15, 0.2) is 0 Å². The van der Waals surface area contributed by atoms with E-state index in [2.05, 4.69) is 27.7 Å². The number of rotatable bonds is 2. The maximum absolute atomic E-state index is 10.9. The van der Waals surface area contributed by atoms with Crippen molar-refractivity contribution in [3.63, 3.8) is 0 Å². The molecule has 0 saturated heterocycles. The average molecular weight is 213 g/mol. The first-order valence-corrected chi connectivity index (χ1v) is 6.25. The van der Waals surface area contributed by atoms with Crippen molar-refractivity contribution in [2.75, 3.05) is 6.54 Å². The van der Waals surface area contributed by atoms with Crippen LogP contribution in [0.4, 0.5) is 0 Å². The lowest BCUT2D eigenvalue weighted by Gasteiger charge is -2.49. The minimum Gasteiger partial charge on any atom is -0.389 e. The number of nitrogens with two attached hydrogens (primary N) is 1. The molecule has 0 aliphatic heterocycles. The van der Waals surface area contributed by atoms with Gasteiger partial charge in [0.05, 0.1) is 5.60 Å². The van der Waals surface area contributed by atoms with E-state index in [9.17, 15) is 5.11 Å². The van der Waals surface area contributed by atoms with Gasteiger partial charge in [-0.05, 0) is 36.6 Å². The van der Waals surface area contributed by atoms with Gasteiger partial charge in [-0.25, -0.2) is 0 Å². The minimum atomic E-state index is -0.536. The first-order chi connectivity index (χ1) is 6.82. The van der Waals surface area contributed by atoms with E-state index in [1.54, 1.807) is 0 Å². The maximum atomic E-state index is 10.9. The van der Waals surface area contributed by atoms with Crippen LogP contribution in [-0.4, -0.2) is 17.3 Å². The van der Waals surface area contributed by atoms with Crippen LogP contribution < -0.4 is 5.73 Å². The van der Waals surface area contributed by atoms with Crippen molar-refractivity contribution in [3.05, 3.63) is 0 Å². The van der Waals surface area contributed by atoms with Crippen molar-refractivity contribution < 1.29 is 5.11 Å². The Hall–Kier alpha value is -0.0800. The molecule has 3 atom stereocenters. The minimum absolute atomic E-state index is 0.179. The zero-order valence-electron chi connectivity index (χ0n) is 10.7. The molecule has 0 aromatic heterocycles. The number of hydrogen-bond donors (Lipinski definition) is 2. The molecule has 0 aromatic rings. The Morgan fingerprint density at radius 1 is 1.40 bits per heavy atom. The SMILES string of the molecule is CC(CN)C1(O)CCCCC1C(C)(C)C. The standard InChI is InChI=1S/C13H27NO/c1-10(9-14)13(15)8-6-5-7-11(13)12(2,3)4/h10-11,15H,5-9,14H2,1-4H3. The second-order valence-electron chi connectivity index (χ2n) is 6.29. The number of hydrogen-bond acceptors (Lipinski definition) is 2. The highest BCUT2D eigenvalue weighted by Gasteiger charge is 2.47. The Bertz CT molecular complexity index is 209. The fraction of sp³-hybridized carbons (Fsp3) is 1.00. The molecule has 1 aliphatic carbocycles. The molecule has 1 aliphatic rings. The van der Waals surface area contributed by atoms with E-state index < -0.39 is 5.60 Å². The van der Waals surface area contributed by atoms with Crippen molar-refractivity contribution in [1.82, 2.24) is 0 Å². The number of aliphatic hydroxyl groups is 1. The summed E-state index contributed by atoms with van der Waals surface area (Å²) >= 11 is 0. The van der Waals surface area contributed by atoms with Crippen LogP contribution in [0.3, 0.4) is 0 Å². The van der Waals surface area contributed by atoms with E-state index in [1.807, 2.05) is 0 Å². The topological polar surface area (TPSA) is 46.2 Å². The van der Waals surface area contributed by atoms with E-state index in [4.69, 9.17) is 5.73 Å². The normalized spacial score (nSPS) is 35.2. The summed E-state index contributed by atoms with van der Waals surface area (Å²) < 4.78 is 0. The molecule has 1 fully saturated rings. The van der Waals surface area contributed by atoms with Gasteiger partial charge in [0.2, 0.25) is 0 Å². The van der Waals surface area contributed by atoms with Crippen LogP contribution in [0.1, 0.15) is 53.4 Å². The van der Waals surface area contributed by atoms with E-state index >= 15 is 0 Å². The molecule has 0 amide bonds. The van der Waals surface area contributed by atoms with Crippen LogP contribution in [0.5, 0.6) is 0 Å². The van der Waals surface area contributed by atoms with Crippen molar-refractivity contribution >= 4 is 0 Å². The Morgan fingerprint density at radius 2 is 2.00 bits per heavy atom. The lowest BCUT2D eigenvalue weighted by atomic mass is 9.60. The highest BCUT2D eigenvalue weighted by molar-refractivity contribution is 4.98. The van der Waals surface area contributed by atoms with Crippen molar-refractivity contribution in [2.45, 2.75) is 59.0 Å². The third-order valence-electron chi connectivity index (χ3n) is 4.18. The molecular formula is C13H27NO. The predicted octanol–water partition coefficient (Wildman–Crippen LogP) is 2.55. The van der Waals surface area contributed by atoms with Crippen LogP contribution in [0.25, 0.3) is 0 Å². The highest BCUT2D eigenvalue weighted by atomic mass is 16.3. The molecule has 2 nitrogen and oxygen atoms in total. The molecule has 0 spiro atoms. The molecule has 15 heavy (non-hydrogen) atoms. The van der Waals surface area contributed by atoms with Crippen LogP contribution in [0, 0.1) is 17.3 Å². The first kappa shape index (κ1) is 13.0. The summed E-state index contributed by atoms with van der Waals surface area (Å²) in [6.45, 7) is 9.37. The zero-order valence-corrected chi connectivity index (χ0v) is 10.7. The lowest BCUT2D eigenvalue weighted by molar-refractivity contribution is -0.122. The Morgan fingerprint density at radius 3 is 2.47 bits per heavy atom. The molecule has 1 saturated carbocycles. The molecule has 2 heteroatoms. The third-order valence-corrected chi connectivity index (χ3v) is 4.18. The van der Waals surface area contributed by atoms with Gasteiger partial charge < -0.3 is 10.8 Å². The summed E-state index contributed by atoms with van der Waals surface area (Å²) in [5, 5.41) is 10.9. The lowest BCUT2D eigenvalue weighted by Crippen LogP contribution is -2.53. The summed E-state index contributed by atoms with van der Waals surface area (Å²) in [4.78, 5) is 0. The molecule has 0 aromatic carbocycles. The third kappa shape index (κ3) is 2.54. The second kappa shape index (κ2) is 4.42. The monoisotopic (exact) mass is 213 g/mol. The first-order valence-electron chi connectivity index (χ1n) is 6.25. The Balaban J connectivity index is 2.91. The van der Waals surface area contributed by atoms with Gasteiger partial charge in [-0.15, -0.1) is 0 Å². The maximum Gasteiger partial charge on any atom is 0.0718 e. The summed E-state index contributed by atoms with van der Waals surface area (Å²) in [5.74, 6) is 0.597. The van der Waals surface area contributed by atoms with E-state index in [-0.39, 0.29) is 11.3 Å². The van der Waals surface area contributed by atoms with Gasteiger partial charge >= 0.3 is 0 Å². The van der Waals surface area contributed by atoms with Gasteiger partial charge in [0.25, 0.3) is 0 Å². The molecular weight excluding hydrogens is 186 g/mol. The summed E-state index contributed by atoms with van der Waals surface area (Å²) in [5.41, 5.74) is 5.38. The van der Waals surface area contributed by atoms with Crippen molar-refractivity contribution in [3.8, 4) is 0 Å².